The number of amides is 1. The Morgan fingerprint density at radius 3 is 2.33 bits per heavy atom. The number of fused-ring (bicyclic) bond motifs is 1. The molecule has 3 rings (SSSR count). The summed E-state index contributed by atoms with van der Waals surface area (Å²) >= 11 is 0. The van der Waals surface area contributed by atoms with Gasteiger partial charge in [-0.05, 0) is 50.1 Å². The molecule has 0 saturated heterocycles. The van der Waals surface area contributed by atoms with E-state index >= 15 is 0 Å². The molecule has 2 atom stereocenters. The molecule has 1 aliphatic rings. The van der Waals surface area contributed by atoms with Crippen LogP contribution >= 0.6 is 0 Å². The van der Waals surface area contributed by atoms with Gasteiger partial charge in [0, 0.05) is 0 Å². The monoisotopic (exact) mass is 432 g/mol. The largest absolute Gasteiger partial charge is 0.486 e. The Morgan fingerprint density at radius 2 is 1.73 bits per heavy atom. The molecule has 0 radical (unpaired) electrons. The molecule has 0 aromatic heterocycles. The van der Waals surface area contributed by atoms with E-state index in [0.29, 0.717) is 36.8 Å². The third kappa shape index (κ3) is 4.87. The maximum absolute atomic E-state index is 13.1. The first-order chi connectivity index (χ1) is 14.2. The van der Waals surface area contributed by atoms with Crippen LogP contribution in [0.1, 0.15) is 37.4 Å². The number of rotatable bonds is 7. The van der Waals surface area contributed by atoms with Crippen molar-refractivity contribution in [3.8, 4) is 11.5 Å². The lowest BCUT2D eigenvalue weighted by molar-refractivity contribution is -0.122. The van der Waals surface area contributed by atoms with E-state index in [1.165, 1.54) is 4.31 Å². The van der Waals surface area contributed by atoms with Crippen LogP contribution in [-0.2, 0) is 14.8 Å². The molecule has 0 fully saturated rings. The number of nitrogens with zero attached hydrogens (tertiary/aromatic N) is 1. The van der Waals surface area contributed by atoms with Crippen molar-refractivity contribution >= 4 is 21.6 Å². The number of carbonyl (C=O) groups excluding carboxylic acids is 1. The summed E-state index contributed by atoms with van der Waals surface area (Å²) in [6, 6.07) is 11.4. The summed E-state index contributed by atoms with van der Waals surface area (Å²) < 4.78 is 37.4. The van der Waals surface area contributed by atoms with Gasteiger partial charge in [0.05, 0.1) is 18.0 Å². The maximum Gasteiger partial charge on any atom is 0.244 e. The summed E-state index contributed by atoms with van der Waals surface area (Å²) in [6.45, 7) is 6.57. The average molecular weight is 433 g/mol. The zero-order valence-electron chi connectivity index (χ0n) is 17.7. The first-order valence-corrected chi connectivity index (χ1v) is 11.8. The Morgan fingerprint density at radius 1 is 1.10 bits per heavy atom. The molecule has 30 heavy (non-hydrogen) atoms. The van der Waals surface area contributed by atoms with E-state index in [4.69, 9.17) is 9.47 Å². The van der Waals surface area contributed by atoms with Crippen molar-refractivity contribution in [3.05, 3.63) is 53.6 Å². The van der Waals surface area contributed by atoms with Gasteiger partial charge in [-0.1, -0.05) is 30.7 Å². The Kier molecular flexibility index (Phi) is 6.55. The fourth-order valence-electron chi connectivity index (χ4n) is 3.47. The van der Waals surface area contributed by atoms with Crippen molar-refractivity contribution in [2.75, 3.05) is 23.8 Å². The Balaban J connectivity index is 1.82. The molecule has 0 aliphatic carbocycles. The lowest BCUT2D eigenvalue weighted by Crippen LogP contribution is -2.49. The van der Waals surface area contributed by atoms with E-state index in [2.05, 4.69) is 5.32 Å². The molecule has 0 spiro atoms. The van der Waals surface area contributed by atoms with E-state index in [1.54, 1.807) is 19.1 Å². The summed E-state index contributed by atoms with van der Waals surface area (Å²) in [5, 5.41) is 2.95. The second-order valence-electron chi connectivity index (χ2n) is 7.45. The minimum atomic E-state index is -3.66. The van der Waals surface area contributed by atoms with Crippen LogP contribution in [0.3, 0.4) is 0 Å². The van der Waals surface area contributed by atoms with Crippen LogP contribution in [0, 0.1) is 6.92 Å². The van der Waals surface area contributed by atoms with Crippen molar-refractivity contribution < 1.29 is 22.7 Å². The minimum absolute atomic E-state index is 0.332. The van der Waals surface area contributed by atoms with Crippen LogP contribution in [-0.4, -0.2) is 39.8 Å². The minimum Gasteiger partial charge on any atom is -0.486 e. The summed E-state index contributed by atoms with van der Waals surface area (Å²) in [6.07, 6.45) is 1.45. The van der Waals surface area contributed by atoms with Crippen molar-refractivity contribution in [3.63, 3.8) is 0 Å². The Hall–Kier alpha value is -2.74. The van der Waals surface area contributed by atoms with Crippen LogP contribution in [0.5, 0.6) is 11.5 Å². The van der Waals surface area contributed by atoms with Gasteiger partial charge < -0.3 is 14.8 Å². The number of benzene rings is 2. The predicted octanol–water partition coefficient (Wildman–Crippen LogP) is 3.19. The zero-order valence-corrected chi connectivity index (χ0v) is 18.5. The van der Waals surface area contributed by atoms with E-state index in [9.17, 15) is 13.2 Å². The normalized spacial score (nSPS) is 15.2. The Labute approximate surface area is 178 Å². The number of hydrogen-bond acceptors (Lipinski definition) is 5. The van der Waals surface area contributed by atoms with Gasteiger partial charge in [0.1, 0.15) is 19.3 Å². The van der Waals surface area contributed by atoms with Crippen molar-refractivity contribution in [1.82, 2.24) is 5.32 Å². The number of anilines is 1. The van der Waals surface area contributed by atoms with Crippen molar-refractivity contribution in [1.29, 1.82) is 0 Å². The maximum atomic E-state index is 13.1. The molecular weight excluding hydrogens is 404 g/mol. The smallest absolute Gasteiger partial charge is 0.244 e. The third-order valence-electron chi connectivity index (χ3n) is 5.04. The van der Waals surface area contributed by atoms with E-state index < -0.39 is 16.1 Å². The number of hydrogen-bond donors (Lipinski definition) is 1. The van der Waals surface area contributed by atoms with Gasteiger partial charge in [-0.3, -0.25) is 9.10 Å². The molecule has 1 aliphatic heterocycles. The highest BCUT2D eigenvalue weighted by molar-refractivity contribution is 7.92. The predicted molar refractivity (Wildman–Crippen MR) is 117 cm³/mol. The molecule has 1 N–H and O–H groups in total. The highest BCUT2D eigenvalue weighted by Gasteiger charge is 2.32. The highest BCUT2D eigenvalue weighted by Crippen LogP contribution is 2.32. The summed E-state index contributed by atoms with van der Waals surface area (Å²) in [4.78, 5) is 13.1. The first kappa shape index (κ1) is 22.0. The van der Waals surface area contributed by atoms with E-state index in [1.807, 2.05) is 44.2 Å². The number of sulfonamides is 1. The molecule has 0 saturated carbocycles. The number of ether oxygens (including phenoxy) is 2. The quantitative estimate of drug-likeness (QED) is 0.726. The van der Waals surface area contributed by atoms with Gasteiger partial charge in [0.15, 0.2) is 11.5 Å². The van der Waals surface area contributed by atoms with Crippen molar-refractivity contribution in [2.45, 2.75) is 39.3 Å². The molecule has 1 heterocycles. The number of nitrogens with one attached hydrogen (secondary N) is 1. The van der Waals surface area contributed by atoms with E-state index in [-0.39, 0.29) is 11.9 Å². The molecule has 0 bridgehead atoms. The van der Waals surface area contributed by atoms with Crippen LogP contribution < -0.4 is 19.1 Å². The molecule has 162 valence electrons. The topological polar surface area (TPSA) is 84.9 Å². The fraction of sp³-hybridized carbons (Fsp3) is 0.409. The van der Waals surface area contributed by atoms with Crippen molar-refractivity contribution in [2.24, 2.45) is 0 Å². The second kappa shape index (κ2) is 8.95. The first-order valence-electron chi connectivity index (χ1n) is 9.96. The number of carbonyl (C=O) groups is 1. The van der Waals surface area contributed by atoms with Gasteiger partial charge in [-0.15, -0.1) is 0 Å². The molecule has 1 amide bonds. The molecule has 2 unspecified atom stereocenters. The molecular formula is C22H28N2O5S. The summed E-state index contributed by atoms with van der Waals surface area (Å²) in [5.41, 5.74) is 2.33. The Bertz CT molecular complexity index is 1000. The molecule has 2 aromatic rings. The standard InChI is InChI=1S/C22H28N2O5S/c1-5-19(24(30(4,26)27)18-9-6-15(2)7-10-18)22(25)23-16(3)17-8-11-20-21(14-17)29-13-12-28-20/h6-11,14,16,19H,5,12-13H2,1-4H3,(H,23,25). The lowest BCUT2D eigenvalue weighted by Gasteiger charge is -2.31. The van der Waals surface area contributed by atoms with Gasteiger partial charge in [0.2, 0.25) is 15.9 Å². The molecule has 7 nitrogen and oxygen atoms in total. The molecule has 2 aromatic carbocycles. The summed E-state index contributed by atoms with van der Waals surface area (Å²) in [7, 11) is -3.66. The van der Waals surface area contributed by atoms with Gasteiger partial charge in [0.25, 0.3) is 0 Å². The fourth-order valence-corrected chi connectivity index (χ4v) is 4.69. The lowest BCUT2D eigenvalue weighted by atomic mass is 10.1. The van der Waals surface area contributed by atoms with Crippen LogP contribution in [0.2, 0.25) is 0 Å². The SMILES string of the molecule is CCC(C(=O)NC(C)c1ccc2c(c1)OCCO2)N(c1ccc(C)cc1)S(C)(=O)=O. The van der Waals surface area contributed by atoms with Gasteiger partial charge in [-0.25, -0.2) is 8.42 Å². The van der Waals surface area contributed by atoms with Crippen LogP contribution in [0.4, 0.5) is 5.69 Å². The van der Waals surface area contributed by atoms with E-state index in [0.717, 1.165) is 17.4 Å². The van der Waals surface area contributed by atoms with Crippen LogP contribution in [0.25, 0.3) is 0 Å². The zero-order chi connectivity index (χ0) is 21.9. The van der Waals surface area contributed by atoms with Gasteiger partial charge >= 0.3 is 0 Å². The second-order valence-corrected chi connectivity index (χ2v) is 9.31. The third-order valence-corrected chi connectivity index (χ3v) is 6.22. The average Bonchev–Trinajstić information content (AvgIpc) is 2.71. The molecule has 8 heteroatoms. The van der Waals surface area contributed by atoms with Crippen LogP contribution in [0.15, 0.2) is 42.5 Å². The van der Waals surface area contributed by atoms with Gasteiger partial charge in [-0.2, -0.15) is 0 Å². The summed E-state index contributed by atoms with van der Waals surface area (Å²) in [5.74, 6) is 0.966. The number of aryl methyl sites for hydroxylation is 1. The highest BCUT2D eigenvalue weighted by atomic mass is 32.2.